The first kappa shape index (κ1) is 11.6. The van der Waals surface area contributed by atoms with E-state index in [1.165, 1.54) is 12.2 Å². The summed E-state index contributed by atoms with van der Waals surface area (Å²) in [5.41, 5.74) is 6.40. The molecule has 0 heterocycles. The van der Waals surface area contributed by atoms with Crippen LogP contribution in [-0.4, -0.2) is 17.6 Å². The first-order valence-corrected chi connectivity index (χ1v) is 4.73. The van der Waals surface area contributed by atoms with Crippen LogP contribution in [0.3, 0.4) is 0 Å². The summed E-state index contributed by atoms with van der Waals surface area (Å²) < 4.78 is 0. The van der Waals surface area contributed by atoms with Crippen LogP contribution in [-0.2, 0) is 4.79 Å². The second-order valence-corrected chi connectivity index (χ2v) is 3.22. The number of nitrogens with two attached hydrogens (primary N) is 1. The van der Waals surface area contributed by atoms with Crippen LogP contribution in [0.4, 0.5) is 0 Å². The number of Topliss-reactive ketones (excluding diaryl/α,β-unsaturated/α-hetero) is 1. The Morgan fingerprint density at radius 2 is 2.00 bits per heavy atom. The van der Waals surface area contributed by atoms with Gasteiger partial charge in [0.15, 0.2) is 5.78 Å². The van der Waals surface area contributed by atoms with Crippen molar-refractivity contribution in [1.82, 2.24) is 0 Å². The molecule has 0 aliphatic heterocycles. The molecule has 3 nitrogen and oxygen atoms in total. The number of allylic oxidation sites excluding steroid dienone is 1. The summed E-state index contributed by atoms with van der Waals surface area (Å²) in [6.45, 7) is -0.0559. The van der Waals surface area contributed by atoms with E-state index in [9.17, 15) is 9.59 Å². The maximum Gasteiger partial charge on any atom is 0.245 e. The van der Waals surface area contributed by atoms with Crippen molar-refractivity contribution in [2.75, 3.05) is 6.54 Å². The van der Waals surface area contributed by atoms with Gasteiger partial charge in [-0.1, -0.05) is 24.3 Å². The van der Waals surface area contributed by atoms with Crippen LogP contribution in [0.25, 0.3) is 6.08 Å². The highest BCUT2D eigenvalue weighted by atomic mass is 35.5. The van der Waals surface area contributed by atoms with Gasteiger partial charge < -0.3 is 5.73 Å². The Hall–Kier alpha value is -1.45. The lowest BCUT2D eigenvalue weighted by Gasteiger charge is -2.02. The fraction of sp³-hybridized carbons (Fsp3) is 0.0909. The molecule has 0 aliphatic carbocycles. The molecule has 0 fully saturated rings. The van der Waals surface area contributed by atoms with Gasteiger partial charge in [-0.2, -0.15) is 0 Å². The lowest BCUT2D eigenvalue weighted by molar-refractivity contribution is -0.107. The van der Waals surface area contributed by atoms with Gasteiger partial charge in [0.1, 0.15) is 0 Å². The molecule has 0 radical (unpaired) electrons. The quantitative estimate of drug-likeness (QED) is 0.479. The van der Waals surface area contributed by atoms with Crippen molar-refractivity contribution in [3.05, 3.63) is 41.5 Å². The molecule has 2 N–H and O–H groups in total. The maximum atomic E-state index is 11.4. The van der Waals surface area contributed by atoms with E-state index in [4.69, 9.17) is 17.3 Å². The van der Waals surface area contributed by atoms with E-state index < -0.39 is 5.24 Å². The zero-order chi connectivity index (χ0) is 11.3. The summed E-state index contributed by atoms with van der Waals surface area (Å²) in [6.07, 6.45) is 2.70. The molecular weight excluding hydrogens is 214 g/mol. The fourth-order valence-corrected chi connectivity index (χ4v) is 1.22. The maximum absolute atomic E-state index is 11.4. The highest BCUT2D eigenvalue weighted by Crippen LogP contribution is 2.11. The Morgan fingerprint density at radius 1 is 1.33 bits per heavy atom. The molecule has 1 aromatic rings. The molecule has 0 unspecified atom stereocenters. The number of halogens is 1. The third kappa shape index (κ3) is 3.31. The number of hydrogen-bond acceptors (Lipinski definition) is 3. The number of benzene rings is 1. The van der Waals surface area contributed by atoms with Crippen LogP contribution in [0.5, 0.6) is 0 Å². The molecule has 0 aliphatic rings. The second-order valence-electron chi connectivity index (χ2n) is 2.85. The Kier molecular flexibility index (Phi) is 4.21. The minimum atomic E-state index is -0.579. The zero-order valence-corrected chi connectivity index (χ0v) is 8.70. The van der Waals surface area contributed by atoms with Crippen LogP contribution in [0.15, 0.2) is 30.3 Å². The van der Waals surface area contributed by atoms with Gasteiger partial charge in [0, 0.05) is 5.56 Å². The van der Waals surface area contributed by atoms with Crippen molar-refractivity contribution in [2.45, 2.75) is 0 Å². The summed E-state index contributed by atoms with van der Waals surface area (Å²) in [5, 5.41) is -0.579. The standard InChI is InChI=1S/C11H10ClNO2/c12-11(15)6-5-8-3-1-2-4-9(8)10(14)7-13/h1-6H,7,13H2. The number of rotatable bonds is 4. The van der Waals surface area contributed by atoms with E-state index in [2.05, 4.69) is 0 Å². The minimum Gasteiger partial charge on any atom is -0.324 e. The molecule has 78 valence electrons. The van der Waals surface area contributed by atoms with Gasteiger partial charge in [0.25, 0.3) is 0 Å². The average molecular weight is 224 g/mol. The van der Waals surface area contributed by atoms with Crippen LogP contribution in [0, 0.1) is 0 Å². The highest BCUT2D eigenvalue weighted by molar-refractivity contribution is 6.66. The number of ketones is 1. The van der Waals surface area contributed by atoms with E-state index in [-0.39, 0.29) is 12.3 Å². The van der Waals surface area contributed by atoms with Crippen molar-refractivity contribution in [2.24, 2.45) is 5.73 Å². The molecule has 1 aromatic carbocycles. The van der Waals surface area contributed by atoms with E-state index in [0.717, 1.165) is 0 Å². The Bertz CT molecular complexity index is 413. The summed E-state index contributed by atoms with van der Waals surface area (Å²) >= 11 is 5.16. The first-order chi connectivity index (χ1) is 7.15. The molecule has 15 heavy (non-hydrogen) atoms. The van der Waals surface area contributed by atoms with Gasteiger partial charge in [0.2, 0.25) is 5.24 Å². The molecule has 0 bridgehead atoms. The van der Waals surface area contributed by atoms with E-state index in [1.807, 2.05) is 0 Å². The third-order valence-electron chi connectivity index (χ3n) is 1.84. The summed E-state index contributed by atoms with van der Waals surface area (Å²) in [7, 11) is 0. The number of hydrogen-bond donors (Lipinski definition) is 1. The molecule has 0 saturated carbocycles. The molecule has 0 atom stereocenters. The third-order valence-corrected chi connectivity index (χ3v) is 1.97. The van der Waals surface area contributed by atoms with Gasteiger partial charge in [-0.05, 0) is 29.3 Å². The Morgan fingerprint density at radius 3 is 2.60 bits per heavy atom. The van der Waals surface area contributed by atoms with Crippen LogP contribution in [0.1, 0.15) is 15.9 Å². The largest absolute Gasteiger partial charge is 0.324 e. The smallest absolute Gasteiger partial charge is 0.245 e. The van der Waals surface area contributed by atoms with E-state index >= 15 is 0 Å². The second kappa shape index (κ2) is 5.44. The van der Waals surface area contributed by atoms with Gasteiger partial charge in [-0.25, -0.2) is 0 Å². The van der Waals surface area contributed by atoms with Crippen LogP contribution in [0.2, 0.25) is 0 Å². The molecule has 0 amide bonds. The normalized spacial score (nSPS) is 10.5. The zero-order valence-electron chi connectivity index (χ0n) is 7.94. The first-order valence-electron chi connectivity index (χ1n) is 4.35. The monoisotopic (exact) mass is 223 g/mol. The van der Waals surface area contributed by atoms with Gasteiger partial charge >= 0.3 is 0 Å². The molecule has 0 aromatic heterocycles. The summed E-state index contributed by atoms with van der Waals surface area (Å²) in [6, 6.07) is 6.89. The van der Waals surface area contributed by atoms with Crippen molar-refractivity contribution in [3.8, 4) is 0 Å². The molecule has 1 rings (SSSR count). The van der Waals surface area contributed by atoms with Gasteiger partial charge in [-0.3, -0.25) is 9.59 Å². The number of carbonyl (C=O) groups excluding carboxylic acids is 2. The Balaban J connectivity index is 3.06. The molecule has 4 heteroatoms. The minimum absolute atomic E-state index is 0.0559. The van der Waals surface area contributed by atoms with Crippen molar-refractivity contribution in [3.63, 3.8) is 0 Å². The van der Waals surface area contributed by atoms with Crippen LogP contribution < -0.4 is 5.73 Å². The van der Waals surface area contributed by atoms with E-state index in [0.29, 0.717) is 11.1 Å². The predicted octanol–water partition coefficient (Wildman–Crippen LogP) is 1.61. The average Bonchev–Trinajstić information content (AvgIpc) is 2.25. The lowest BCUT2D eigenvalue weighted by atomic mass is 10.0. The number of carbonyl (C=O) groups is 2. The SMILES string of the molecule is NCC(=O)c1ccccc1C=CC(=O)Cl. The van der Waals surface area contributed by atoms with Gasteiger partial charge in [0.05, 0.1) is 6.54 Å². The van der Waals surface area contributed by atoms with Crippen molar-refractivity contribution in [1.29, 1.82) is 0 Å². The van der Waals surface area contributed by atoms with Crippen molar-refractivity contribution >= 4 is 28.7 Å². The molecule has 0 spiro atoms. The molecule has 0 saturated heterocycles. The predicted molar refractivity (Wildman–Crippen MR) is 59.7 cm³/mol. The fourth-order valence-electron chi connectivity index (χ4n) is 1.16. The topological polar surface area (TPSA) is 60.2 Å². The molecular formula is C11H10ClNO2. The highest BCUT2D eigenvalue weighted by Gasteiger charge is 2.06. The summed E-state index contributed by atoms with van der Waals surface area (Å²) in [4.78, 5) is 21.9. The Labute approximate surface area is 92.5 Å². The summed E-state index contributed by atoms with van der Waals surface area (Å²) in [5.74, 6) is -0.169. The van der Waals surface area contributed by atoms with Crippen LogP contribution >= 0.6 is 11.6 Å². The lowest BCUT2D eigenvalue weighted by Crippen LogP contribution is -2.14. The van der Waals surface area contributed by atoms with Gasteiger partial charge in [-0.15, -0.1) is 0 Å². The van der Waals surface area contributed by atoms with Crippen molar-refractivity contribution < 1.29 is 9.59 Å². The van der Waals surface area contributed by atoms with E-state index in [1.54, 1.807) is 24.3 Å².